The first-order chi connectivity index (χ1) is 10.9. The molecule has 0 spiro atoms. The van der Waals surface area contributed by atoms with Crippen LogP contribution in [0.15, 0.2) is 48.5 Å². The molecule has 23 heavy (non-hydrogen) atoms. The van der Waals surface area contributed by atoms with Crippen molar-refractivity contribution in [2.75, 3.05) is 19.1 Å². The summed E-state index contributed by atoms with van der Waals surface area (Å²) in [5, 5.41) is 3.09. The zero-order chi connectivity index (χ0) is 16.4. The van der Waals surface area contributed by atoms with Gasteiger partial charge in [-0.3, -0.25) is 9.47 Å². The highest BCUT2D eigenvalue weighted by molar-refractivity contribution is 6.20. The minimum absolute atomic E-state index is 0.131. The molecule has 0 saturated carbocycles. The van der Waals surface area contributed by atoms with Crippen LogP contribution in [-0.2, 0) is 5.41 Å². The van der Waals surface area contributed by atoms with Crippen molar-refractivity contribution in [2.45, 2.75) is 19.3 Å². The van der Waals surface area contributed by atoms with Crippen LogP contribution in [0.2, 0.25) is 0 Å². The van der Waals surface area contributed by atoms with Gasteiger partial charge in [0.1, 0.15) is 0 Å². The van der Waals surface area contributed by atoms with E-state index >= 15 is 0 Å². The molecular weight excluding hydrogens is 284 g/mol. The van der Waals surface area contributed by atoms with E-state index in [-0.39, 0.29) is 11.2 Å². The number of benzene rings is 2. The molecule has 3 heteroatoms. The number of carbonyl (C=O) groups is 1. The topological polar surface area (TPSA) is 25.2 Å². The van der Waals surface area contributed by atoms with Gasteiger partial charge in [0.05, 0.1) is 16.8 Å². The standard InChI is InChI=1S/C20H20N2O/c1-20(2)15-11-7-5-9-13(15)18(23)17-14-10-6-8-12-16(14)22(19(17)20)21(3)4/h5-12H,1-4H3. The van der Waals surface area contributed by atoms with E-state index in [1.807, 2.05) is 44.4 Å². The van der Waals surface area contributed by atoms with Gasteiger partial charge in [0.15, 0.2) is 5.78 Å². The third kappa shape index (κ3) is 1.68. The zero-order valence-corrected chi connectivity index (χ0v) is 13.9. The lowest BCUT2D eigenvalue weighted by molar-refractivity contribution is 0.103. The summed E-state index contributed by atoms with van der Waals surface area (Å²) in [6, 6.07) is 16.2. The molecule has 0 bridgehead atoms. The Morgan fingerprint density at radius 2 is 1.61 bits per heavy atom. The lowest BCUT2D eigenvalue weighted by Gasteiger charge is -2.35. The normalized spacial score (nSPS) is 15.4. The van der Waals surface area contributed by atoms with Crippen LogP contribution in [0.3, 0.4) is 0 Å². The van der Waals surface area contributed by atoms with Crippen molar-refractivity contribution in [1.82, 2.24) is 4.68 Å². The first kappa shape index (κ1) is 14.1. The molecule has 0 radical (unpaired) electrons. The van der Waals surface area contributed by atoms with Gasteiger partial charge in [-0.25, -0.2) is 0 Å². The van der Waals surface area contributed by atoms with E-state index in [1.54, 1.807) is 0 Å². The number of aromatic nitrogens is 1. The van der Waals surface area contributed by atoms with E-state index in [1.165, 1.54) is 0 Å². The Morgan fingerprint density at radius 3 is 2.35 bits per heavy atom. The molecule has 0 fully saturated rings. The third-order valence-corrected chi connectivity index (χ3v) is 4.91. The van der Waals surface area contributed by atoms with Gasteiger partial charge in [0, 0.05) is 30.5 Å². The second kappa shape index (κ2) is 4.48. The largest absolute Gasteiger partial charge is 0.319 e. The second-order valence-electron chi connectivity index (χ2n) is 6.90. The van der Waals surface area contributed by atoms with Crippen molar-refractivity contribution in [1.29, 1.82) is 0 Å². The fraction of sp³-hybridized carbons (Fsp3) is 0.250. The first-order valence-corrected chi connectivity index (χ1v) is 7.90. The number of para-hydroxylation sites is 1. The van der Waals surface area contributed by atoms with Crippen molar-refractivity contribution in [3.8, 4) is 0 Å². The minimum Gasteiger partial charge on any atom is -0.319 e. The summed E-state index contributed by atoms with van der Waals surface area (Å²) in [6.07, 6.45) is 0. The Bertz CT molecular complexity index is 947. The molecule has 1 aromatic heterocycles. The maximum atomic E-state index is 13.2. The quantitative estimate of drug-likeness (QED) is 0.685. The number of nitrogens with zero attached hydrogens (tertiary/aromatic N) is 2. The second-order valence-corrected chi connectivity index (χ2v) is 6.90. The van der Waals surface area contributed by atoms with Crippen LogP contribution in [0.5, 0.6) is 0 Å². The molecule has 0 amide bonds. The molecule has 0 aliphatic heterocycles. The molecule has 2 aromatic carbocycles. The third-order valence-electron chi connectivity index (χ3n) is 4.91. The van der Waals surface area contributed by atoms with Gasteiger partial charge >= 0.3 is 0 Å². The fourth-order valence-electron chi connectivity index (χ4n) is 3.93. The molecular formula is C20H20N2O. The lowest BCUT2D eigenvalue weighted by Crippen LogP contribution is -2.37. The highest BCUT2D eigenvalue weighted by Crippen LogP contribution is 2.45. The molecule has 0 unspecified atom stereocenters. The van der Waals surface area contributed by atoms with Gasteiger partial charge in [0.25, 0.3) is 0 Å². The fourth-order valence-corrected chi connectivity index (χ4v) is 3.93. The van der Waals surface area contributed by atoms with Crippen LogP contribution >= 0.6 is 0 Å². The monoisotopic (exact) mass is 304 g/mol. The molecule has 1 aliphatic rings. The maximum absolute atomic E-state index is 13.2. The smallest absolute Gasteiger partial charge is 0.195 e. The summed E-state index contributed by atoms with van der Waals surface area (Å²) in [6.45, 7) is 4.41. The van der Waals surface area contributed by atoms with Gasteiger partial charge in [-0.15, -0.1) is 0 Å². The molecule has 116 valence electrons. The van der Waals surface area contributed by atoms with Crippen molar-refractivity contribution in [3.05, 3.63) is 70.9 Å². The summed E-state index contributed by atoms with van der Waals surface area (Å²) >= 11 is 0. The van der Waals surface area contributed by atoms with Crippen LogP contribution in [0.4, 0.5) is 0 Å². The van der Waals surface area contributed by atoms with E-state index in [9.17, 15) is 4.79 Å². The van der Waals surface area contributed by atoms with Crippen LogP contribution < -0.4 is 5.01 Å². The average molecular weight is 304 g/mol. The predicted octanol–water partition coefficient (Wildman–Crippen LogP) is 3.71. The summed E-state index contributed by atoms with van der Waals surface area (Å²) in [5.74, 6) is 0.131. The Morgan fingerprint density at radius 1 is 0.957 bits per heavy atom. The highest BCUT2D eigenvalue weighted by atomic mass is 16.1. The summed E-state index contributed by atoms with van der Waals surface area (Å²) in [5.41, 5.74) is 4.69. The first-order valence-electron chi connectivity index (χ1n) is 7.90. The number of hydrogen-bond donors (Lipinski definition) is 0. The van der Waals surface area contributed by atoms with Crippen molar-refractivity contribution in [2.24, 2.45) is 0 Å². The van der Waals surface area contributed by atoms with E-state index in [0.29, 0.717) is 0 Å². The van der Waals surface area contributed by atoms with Gasteiger partial charge in [-0.2, -0.15) is 0 Å². The van der Waals surface area contributed by atoms with Crippen LogP contribution in [0.1, 0.15) is 41.0 Å². The Balaban J connectivity index is 2.21. The minimum atomic E-state index is -0.233. The van der Waals surface area contributed by atoms with Crippen LogP contribution in [0.25, 0.3) is 10.9 Å². The maximum Gasteiger partial charge on any atom is 0.195 e. The SMILES string of the molecule is CN(C)n1c2c(c3ccccc31)C(=O)c1ccccc1C2(C)C. The van der Waals surface area contributed by atoms with Gasteiger partial charge < -0.3 is 5.01 Å². The average Bonchev–Trinajstić information content (AvgIpc) is 2.89. The van der Waals surface area contributed by atoms with E-state index < -0.39 is 0 Å². The molecule has 3 nitrogen and oxygen atoms in total. The number of rotatable bonds is 1. The van der Waals surface area contributed by atoms with Gasteiger partial charge in [-0.05, 0) is 11.6 Å². The number of fused-ring (bicyclic) bond motifs is 4. The molecule has 4 rings (SSSR count). The van der Waals surface area contributed by atoms with Crippen molar-refractivity contribution in [3.63, 3.8) is 0 Å². The zero-order valence-electron chi connectivity index (χ0n) is 13.9. The van der Waals surface area contributed by atoms with E-state index in [2.05, 4.69) is 41.7 Å². The lowest BCUT2D eigenvalue weighted by atomic mass is 9.71. The molecule has 3 aromatic rings. The highest BCUT2D eigenvalue weighted by Gasteiger charge is 2.41. The Labute approximate surface area is 136 Å². The number of ketones is 1. The summed E-state index contributed by atoms with van der Waals surface area (Å²) < 4.78 is 2.18. The molecule has 1 heterocycles. The summed E-state index contributed by atoms with van der Waals surface area (Å²) in [4.78, 5) is 13.2. The van der Waals surface area contributed by atoms with Gasteiger partial charge in [-0.1, -0.05) is 56.3 Å². The Hall–Kier alpha value is -2.55. The molecule has 0 N–H and O–H groups in total. The van der Waals surface area contributed by atoms with E-state index in [0.717, 1.165) is 33.3 Å². The van der Waals surface area contributed by atoms with Gasteiger partial charge in [0.2, 0.25) is 0 Å². The van der Waals surface area contributed by atoms with Crippen molar-refractivity contribution >= 4 is 16.7 Å². The predicted molar refractivity (Wildman–Crippen MR) is 94.0 cm³/mol. The molecule has 0 atom stereocenters. The summed E-state index contributed by atoms with van der Waals surface area (Å²) in [7, 11) is 4.04. The van der Waals surface area contributed by atoms with Crippen LogP contribution in [-0.4, -0.2) is 24.6 Å². The van der Waals surface area contributed by atoms with Crippen LogP contribution in [0, 0.1) is 0 Å². The number of hydrogen-bond acceptors (Lipinski definition) is 2. The van der Waals surface area contributed by atoms with Crippen molar-refractivity contribution < 1.29 is 4.79 Å². The van der Waals surface area contributed by atoms with E-state index in [4.69, 9.17) is 0 Å². The number of carbonyl (C=O) groups excluding carboxylic acids is 1. The Kier molecular flexibility index (Phi) is 2.74. The molecule has 0 saturated heterocycles. The molecule has 1 aliphatic carbocycles.